The van der Waals surface area contributed by atoms with E-state index < -0.39 is 0 Å². The van der Waals surface area contributed by atoms with Gasteiger partial charge in [0.15, 0.2) is 0 Å². The molecule has 0 saturated heterocycles. The topological polar surface area (TPSA) is 30.2 Å². The van der Waals surface area contributed by atoms with E-state index >= 15 is 0 Å². The maximum absolute atomic E-state index is 4.21. The molecule has 3 heteroatoms. The summed E-state index contributed by atoms with van der Waals surface area (Å²) in [5.74, 6) is 0.363. The predicted molar refractivity (Wildman–Crippen MR) is 60.0 cm³/mol. The molecule has 0 bridgehead atoms. The third kappa shape index (κ3) is 2.69. The van der Waals surface area contributed by atoms with E-state index in [-0.39, 0.29) is 0 Å². The average Bonchev–Trinajstić information content (AvgIpc) is 2.66. The second-order valence-corrected chi connectivity index (χ2v) is 3.37. The second-order valence-electron chi connectivity index (χ2n) is 3.37. The Kier molecular flexibility index (Phi) is 3.40. The molecule has 0 radical (unpaired) electrons. The minimum Gasteiger partial charge on any atom is -0.305 e. The Balaban J connectivity index is 2.62. The molecule has 0 fully saturated rings. The zero-order valence-electron chi connectivity index (χ0n) is 8.64. The lowest BCUT2D eigenvalue weighted by Crippen LogP contribution is -1.95. The number of aliphatic imine (C=N–C) groups is 1. The third-order valence-corrected chi connectivity index (χ3v) is 1.88. The number of allylic oxidation sites excluding steroid dienone is 2. The Labute approximate surface area is 84.5 Å². The van der Waals surface area contributed by atoms with Crippen LogP contribution in [0.2, 0.25) is 0 Å². The second kappa shape index (κ2) is 4.56. The van der Waals surface area contributed by atoms with Crippen LogP contribution in [0.25, 0.3) is 5.70 Å². The van der Waals surface area contributed by atoms with E-state index in [0.29, 0.717) is 5.92 Å². The Bertz CT molecular complexity index is 345. The van der Waals surface area contributed by atoms with E-state index in [2.05, 4.69) is 37.0 Å². The minimum atomic E-state index is 0.363. The fourth-order valence-corrected chi connectivity index (χ4v) is 0.802. The highest BCUT2D eigenvalue weighted by Gasteiger charge is 1.97. The SMILES string of the molecule is C=C(N=CC(=C)n1ccnc1)C(C)C. The number of nitrogens with zero attached hydrogens (tertiary/aromatic N) is 3. The van der Waals surface area contributed by atoms with Crippen molar-refractivity contribution in [2.24, 2.45) is 10.9 Å². The highest BCUT2D eigenvalue weighted by atomic mass is 15.0. The Hall–Kier alpha value is -1.64. The van der Waals surface area contributed by atoms with Crippen molar-refractivity contribution in [1.82, 2.24) is 9.55 Å². The van der Waals surface area contributed by atoms with Gasteiger partial charge in [0.25, 0.3) is 0 Å². The summed E-state index contributed by atoms with van der Waals surface area (Å²) in [6.45, 7) is 11.8. The smallest absolute Gasteiger partial charge is 0.0992 e. The molecule has 0 unspecified atom stereocenters. The summed E-state index contributed by atoms with van der Waals surface area (Å²) in [4.78, 5) is 8.14. The van der Waals surface area contributed by atoms with Gasteiger partial charge in [0.05, 0.1) is 18.2 Å². The maximum Gasteiger partial charge on any atom is 0.0992 e. The van der Waals surface area contributed by atoms with Crippen LogP contribution in [0.15, 0.2) is 42.6 Å². The number of hydrogen-bond acceptors (Lipinski definition) is 2. The molecule has 0 aliphatic heterocycles. The van der Waals surface area contributed by atoms with Gasteiger partial charge in [-0.25, -0.2) is 4.98 Å². The number of hydrogen-bond donors (Lipinski definition) is 0. The lowest BCUT2D eigenvalue weighted by Gasteiger charge is -2.03. The Morgan fingerprint density at radius 3 is 2.71 bits per heavy atom. The highest BCUT2D eigenvalue weighted by Crippen LogP contribution is 2.08. The van der Waals surface area contributed by atoms with E-state index in [4.69, 9.17) is 0 Å². The molecule has 0 aromatic carbocycles. The van der Waals surface area contributed by atoms with Crippen LogP contribution >= 0.6 is 0 Å². The molecule has 0 spiro atoms. The van der Waals surface area contributed by atoms with Gasteiger partial charge in [-0.05, 0) is 5.92 Å². The summed E-state index contributed by atoms with van der Waals surface area (Å²) in [6.07, 6.45) is 6.92. The van der Waals surface area contributed by atoms with Crippen LogP contribution < -0.4 is 0 Å². The molecular weight excluding hydrogens is 174 g/mol. The van der Waals surface area contributed by atoms with Gasteiger partial charge in [0, 0.05) is 18.1 Å². The number of imidazole rings is 1. The molecule has 0 aliphatic rings. The van der Waals surface area contributed by atoms with Crippen LogP contribution in [0.5, 0.6) is 0 Å². The van der Waals surface area contributed by atoms with Gasteiger partial charge in [-0.2, -0.15) is 0 Å². The van der Waals surface area contributed by atoms with Crippen LogP contribution in [0.4, 0.5) is 0 Å². The summed E-state index contributed by atoms with van der Waals surface area (Å²) in [7, 11) is 0. The first-order valence-corrected chi connectivity index (χ1v) is 4.51. The van der Waals surface area contributed by atoms with Crippen molar-refractivity contribution in [3.05, 3.63) is 37.6 Å². The lowest BCUT2D eigenvalue weighted by atomic mass is 10.2. The molecule has 3 nitrogen and oxygen atoms in total. The summed E-state index contributed by atoms with van der Waals surface area (Å²) in [5, 5.41) is 0. The fourth-order valence-electron chi connectivity index (χ4n) is 0.802. The molecule has 74 valence electrons. The van der Waals surface area contributed by atoms with Crippen molar-refractivity contribution >= 4 is 11.9 Å². The maximum atomic E-state index is 4.21. The normalized spacial score (nSPS) is 11.1. The summed E-state index contributed by atoms with van der Waals surface area (Å²) in [6, 6.07) is 0. The lowest BCUT2D eigenvalue weighted by molar-refractivity contribution is 0.763. The molecular formula is C11H15N3. The largest absolute Gasteiger partial charge is 0.305 e. The van der Waals surface area contributed by atoms with E-state index in [1.165, 1.54) is 0 Å². The van der Waals surface area contributed by atoms with Crippen LogP contribution in [0, 0.1) is 5.92 Å². The Morgan fingerprint density at radius 2 is 2.21 bits per heavy atom. The van der Waals surface area contributed by atoms with Crippen molar-refractivity contribution < 1.29 is 0 Å². The van der Waals surface area contributed by atoms with Crippen LogP contribution in [-0.2, 0) is 0 Å². The van der Waals surface area contributed by atoms with Crippen molar-refractivity contribution in [2.75, 3.05) is 0 Å². The van der Waals surface area contributed by atoms with Gasteiger partial charge in [-0.1, -0.05) is 27.0 Å². The summed E-state index contributed by atoms with van der Waals surface area (Å²) >= 11 is 0. The standard InChI is InChI=1S/C11H15N3/c1-9(2)11(4)13-7-10(3)14-6-5-12-8-14/h5-9H,3-4H2,1-2H3. The first kappa shape index (κ1) is 10.4. The van der Waals surface area contributed by atoms with Gasteiger partial charge in [0.2, 0.25) is 0 Å². The molecule has 1 aromatic heterocycles. The number of aromatic nitrogens is 2. The zero-order chi connectivity index (χ0) is 10.6. The molecule has 0 atom stereocenters. The monoisotopic (exact) mass is 189 g/mol. The first-order valence-electron chi connectivity index (χ1n) is 4.51. The third-order valence-electron chi connectivity index (χ3n) is 1.88. The zero-order valence-corrected chi connectivity index (χ0v) is 8.64. The first-order chi connectivity index (χ1) is 6.61. The van der Waals surface area contributed by atoms with Gasteiger partial charge in [-0.15, -0.1) is 0 Å². The van der Waals surface area contributed by atoms with Crippen molar-refractivity contribution in [1.29, 1.82) is 0 Å². The molecule has 0 aliphatic carbocycles. The molecule has 0 saturated carbocycles. The van der Waals surface area contributed by atoms with Crippen molar-refractivity contribution in [2.45, 2.75) is 13.8 Å². The Morgan fingerprint density at radius 1 is 1.50 bits per heavy atom. The van der Waals surface area contributed by atoms with Crippen LogP contribution in [-0.4, -0.2) is 15.8 Å². The van der Waals surface area contributed by atoms with E-state index in [1.54, 1.807) is 23.3 Å². The van der Waals surface area contributed by atoms with E-state index in [0.717, 1.165) is 11.4 Å². The van der Waals surface area contributed by atoms with Gasteiger partial charge >= 0.3 is 0 Å². The molecule has 1 heterocycles. The minimum absolute atomic E-state index is 0.363. The molecule has 0 amide bonds. The highest BCUT2D eigenvalue weighted by molar-refractivity contribution is 6.01. The van der Waals surface area contributed by atoms with E-state index in [1.807, 2.05) is 6.20 Å². The van der Waals surface area contributed by atoms with Gasteiger partial charge < -0.3 is 4.57 Å². The number of rotatable bonds is 4. The molecule has 1 aromatic rings. The summed E-state index contributed by atoms with van der Waals surface area (Å²) in [5.41, 5.74) is 1.63. The molecule has 0 N–H and O–H groups in total. The van der Waals surface area contributed by atoms with Crippen LogP contribution in [0.1, 0.15) is 13.8 Å². The van der Waals surface area contributed by atoms with Crippen molar-refractivity contribution in [3.8, 4) is 0 Å². The van der Waals surface area contributed by atoms with Gasteiger partial charge in [-0.3, -0.25) is 4.99 Å². The van der Waals surface area contributed by atoms with Crippen LogP contribution in [0.3, 0.4) is 0 Å². The molecule has 1 rings (SSSR count). The quantitative estimate of drug-likeness (QED) is 0.669. The predicted octanol–water partition coefficient (Wildman–Crippen LogP) is 2.59. The van der Waals surface area contributed by atoms with E-state index in [9.17, 15) is 0 Å². The average molecular weight is 189 g/mol. The fraction of sp³-hybridized carbons (Fsp3) is 0.273. The van der Waals surface area contributed by atoms with Crippen molar-refractivity contribution in [3.63, 3.8) is 0 Å². The molecule has 14 heavy (non-hydrogen) atoms. The van der Waals surface area contributed by atoms with Gasteiger partial charge in [0.1, 0.15) is 0 Å². The summed E-state index contributed by atoms with van der Waals surface area (Å²) < 4.78 is 1.80.